The molecule has 1 unspecified atom stereocenters. The Morgan fingerprint density at radius 3 is 1.43 bits per heavy atom. The van der Waals surface area contributed by atoms with Gasteiger partial charge in [0.25, 0.3) is 0 Å². The molecule has 0 saturated heterocycles. The van der Waals surface area contributed by atoms with E-state index in [2.05, 4.69) is 4.74 Å². The normalized spacial score (nSPS) is 16.1. The van der Waals surface area contributed by atoms with Crippen molar-refractivity contribution in [3.8, 4) is 0 Å². The molecule has 0 aromatic rings. The van der Waals surface area contributed by atoms with Crippen molar-refractivity contribution in [2.45, 2.75) is 62.5 Å². The molecular formula is C13H13F13O2. The standard InChI is InChI=1S/C13H13F13O2/c1-3-6(7(27)28-4-2)5-8(14,15)9(16,17)10(18,19)11(20,21)12(22,23)13(24,25)26/h6H,3-5H2,1-2H3. The van der Waals surface area contributed by atoms with Crippen molar-refractivity contribution in [2.75, 3.05) is 6.61 Å². The molecule has 15 heteroatoms. The van der Waals surface area contributed by atoms with Crippen LogP contribution in [0.5, 0.6) is 0 Å². The first-order valence-corrected chi connectivity index (χ1v) is 7.28. The Kier molecular flexibility index (Phi) is 7.37. The molecule has 0 radical (unpaired) electrons. The second kappa shape index (κ2) is 7.76. The Morgan fingerprint density at radius 2 is 1.11 bits per heavy atom. The maximum Gasteiger partial charge on any atom is 0.460 e. The third kappa shape index (κ3) is 4.11. The van der Waals surface area contributed by atoms with Gasteiger partial charge in [-0.1, -0.05) is 6.92 Å². The number of hydrogen-bond acceptors (Lipinski definition) is 2. The van der Waals surface area contributed by atoms with E-state index in [9.17, 15) is 61.9 Å². The minimum absolute atomic E-state index is 0.469. The van der Waals surface area contributed by atoms with Gasteiger partial charge in [0.2, 0.25) is 0 Å². The number of halogens is 13. The van der Waals surface area contributed by atoms with Crippen molar-refractivity contribution >= 4 is 5.97 Å². The van der Waals surface area contributed by atoms with Crippen LogP contribution in [-0.2, 0) is 9.53 Å². The molecule has 0 amide bonds. The zero-order valence-corrected chi connectivity index (χ0v) is 13.9. The summed E-state index contributed by atoms with van der Waals surface area (Å²) in [4.78, 5) is 11.3. The first kappa shape index (κ1) is 26.6. The number of rotatable bonds is 9. The van der Waals surface area contributed by atoms with Crippen molar-refractivity contribution < 1.29 is 66.6 Å². The van der Waals surface area contributed by atoms with E-state index in [1.807, 2.05) is 0 Å². The van der Waals surface area contributed by atoms with E-state index >= 15 is 0 Å². The van der Waals surface area contributed by atoms with Crippen LogP contribution in [-0.4, -0.2) is 48.4 Å². The largest absolute Gasteiger partial charge is 0.466 e. The molecule has 0 aliphatic rings. The van der Waals surface area contributed by atoms with Gasteiger partial charge in [-0.25, -0.2) is 0 Å². The zero-order valence-electron chi connectivity index (χ0n) is 13.9. The summed E-state index contributed by atoms with van der Waals surface area (Å²) in [5, 5.41) is 0. The highest BCUT2D eigenvalue weighted by atomic mass is 19.4. The highest BCUT2D eigenvalue weighted by molar-refractivity contribution is 5.72. The fourth-order valence-corrected chi connectivity index (χ4v) is 1.89. The second-order valence-electron chi connectivity index (χ2n) is 5.56. The maximum atomic E-state index is 13.7. The summed E-state index contributed by atoms with van der Waals surface area (Å²) in [5.41, 5.74) is 0. The first-order valence-electron chi connectivity index (χ1n) is 7.28. The molecule has 0 saturated carbocycles. The average Bonchev–Trinajstić information content (AvgIpc) is 2.50. The fraction of sp³-hybridized carbons (Fsp3) is 0.923. The van der Waals surface area contributed by atoms with Crippen LogP contribution in [0.25, 0.3) is 0 Å². The molecule has 2 nitrogen and oxygen atoms in total. The van der Waals surface area contributed by atoms with Crippen molar-refractivity contribution in [2.24, 2.45) is 5.92 Å². The van der Waals surface area contributed by atoms with Gasteiger partial charge in [0.1, 0.15) is 0 Å². The minimum atomic E-state index is -7.95. The molecule has 0 rings (SSSR count). The van der Waals surface area contributed by atoms with Crippen LogP contribution in [0.4, 0.5) is 57.1 Å². The Labute approximate surface area is 149 Å². The van der Waals surface area contributed by atoms with E-state index in [-0.39, 0.29) is 0 Å². The van der Waals surface area contributed by atoms with Crippen LogP contribution < -0.4 is 0 Å². The number of carbonyl (C=O) groups is 1. The average molecular weight is 448 g/mol. The molecule has 0 bridgehead atoms. The number of ether oxygens (including phenoxy) is 1. The summed E-state index contributed by atoms with van der Waals surface area (Å²) in [6, 6.07) is 0. The van der Waals surface area contributed by atoms with E-state index < -0.39 is 67.1 Å². The summed E-state index contributed by atoms with van der Waals surface area (Å²) < 4.78 is 172. The van der Waals surface area contributed by atoms with Gasteiger partial charge >= 0.3 is 41.8 Å². The number of carbonyl (C=O) groups excluding carboxylic acids is 1. The minimum Gasteiger partial charge on any atom is -0.466 e. The van der Waals surface area contributed by atoms with Crippen LogP contribution in [0.2, 0.25) is 0 Å². The van der Waals surface area contributed by atoms with Gasteiger partial charge < -0.3 is 4.74 Å². The molecule has 1 atom stereocenters. The number of esters is 1. The summed E-state index contributed by atoms with van der Waals surface area (Å²) in [6.07, 6.45) is -10.8. The summed E-state index contributed by atoms with van der Waals surface area (Å²) >= 11 is 0. The van der Waals surface area contributed by atoms with Gasteiger partial charge in [0.15, 0.2) is 0 Å². The topological polar surface area (TPSA) is 26.3 Å². The second-order valence-corrected chi connectivity index (χ2v) is 5.56. The van der Waals surface area contributed by atoms with Crippen LogP contribution in [0.15, 0.2) is 0 Å². The lowest BCUT2D eigenvalue weighted by atomic mass is 9.88. The molecule has 0 heterocycles. The molecular weight excluding hydrogens is 435 g/mol. The Bertz CT molecular complexity index is 553. The quantitative estimate of drug-likeness (QED) is 0.334. The fourth-order valence-electron chi connectivity index (χ4n) is 1.89. The highest BCUT2D eigenvalue weighted by Gasteiger charge is 2.90. The molecule has 28 heavy (non-hydrogen) atoms. The Morgan fingerprint density at radius 1 is 0.714 bits per heavy atom. The van der Waals surface area contributed by atoms with E-state index in [1.54, 1.807) is 0 Å². The van der Waals surface area contributed by atoms with Gasteiger partial charge in [-0.2, -0.15) is 57.1 Å². The van der Waals surface area contributed by atoms with E-state index in [4.69, 9.17) is 0 Å². The van der Waals surface area contributed by atoms with Crippen LogP contribution in [0.3, 0.4) is 0 Å². The maximum absolute atomic E-state index is 13.7. The first-order chi connectivity index (χ1) is 12.2. The summed E-state index contributed by atoms with van der Waals surface area (Å²) in [7, 11) is 0. The van der Waals surface area contributed by atoms with Gasteiger partial charge in [0.05, 0.1) is 12.5 Å². The molecule has 168 valence electrons. The molecule has 0 aromatic heterocycles. The molecule has 0 N–H and O–H groups in total. The van der Waals surface area contributed by atoms with Crippen molar-refractivity contribution in [3.63, 3.8) is 0 Å². The van der Waals surface area contributed by atoms with Crippen LogP contribution in [0, 0.1) is 5.92 Å². The molecule has 0 aromatic carbocycles. The van der Waals surface area contributed by atoms with E-state index in [0.717, 1.165) is 13.8 Å². The van der Waals surface area contributed by atoms with Crippen molar-refractivity contribution in [3.05, 3.63) is 0 Å². The molecule has 0 aliphatic carbocycles. The number of hydrogen-bond donors (Lipinski definition) is 0. The van der Waals surface area contributed by atoms with E-state index in [0.29, 0.717) is 0 Å². The van der Waals surface area contributed by atoms with Crippen molar-refractivity contribution in [1.29, 1.82) is 0 Å². The SMILES string of the molecule is CCOC(=O)C(CC)CC(F)(F)C(F)(F)C(F)(F)C(F)(F)C(F)(F)C(F)(F)F. The smallest absolute Gasteiger partial charge is 0.460 e. The number of alkyl halides is 13. The zero-order chi connectivity index (χ0) is 23.0. The lowest BCUT2D eigenvalue weighted by Gasteiger charge is -2.40. The van der Waals surface area contributed by atoms with Gasteiger partial charge in [-0.15, -0.1) is 0 Å². The third-order valence-electron chi connectivity index (χ3n) is 3.61. The molecule has 0 fully saturated rings. The predicted molar refractivity (Wildman–Crippen MR) is 65.8 cm³/mol. The van der Waals surface area contributed by atoms with Crippen molar-refractivity contribution in [1.82, 2.24) is 0 Å². The lowest BCUT2D eigenvalue weighted by molar-refractivity contribution is -0.440. The highest BCUT2D eigenvalue weighted by Crippen LogP contribution is 2.61. The van der Waals surface area contributed by atoms with E-state index in [1.165, 1.54) is 0 Å². The van der Waals surface area contributed by atoms with Gasteiger partial charge in [0, 0.05) is 6.42 Å². The van der Waals surface area contributed by atoms with Gasteiger partial charge in [-0.3, -0.25) is 4.79 Å². The van der Waals surface area contributed by atoms with Gasteiger partial charge in [-0.05, 0) is 13.3 Å². The molecule has 0 aliphatic heterocycles. The lowest BCUT2D eigenvalue weighted by Crippen LogP contribution is -2.70. The summed E-state index contributed by atoms with van der Waals surface area (Å²) in [5.74, 6) is -41.1. The van der Waals surface area contributed by atoms with Crippen LogP contribution >= 0.6 is 0 Å². The van der Waals surface area contributed by atoms with Crippen LogP contribution in [0.1, 0.15) is 26.7 Å². The predicted octanol–water partition coefficient (Wildman–Crippen LogP) is 5.70. The summed E-state index contributed by atoms with van der Waals surface area (Å²) in [6.45, 7) is 1.59. The monoisotopic (exact) mass is 448 g/mol. The third-order valence-corrected chi connectivity index (χ3v) is 3.61. The Hall–Kier alpha value is -1.44. The molecule has 0 spiro atoms. The Balaban J connectivity index is 6.14.